The first kappa shape index (κ1) is 22.6. The average Bonchev–Trinajstić information content (AvgIpc) is 3.43. The van der Waals surface area contributed by atoms with Gasteiger partial charge >= 0.3 is 0 Å². The minimum absolute atomic E-state index is 0.0343. The lowest BCUT2D eigenvalue weighted by Crippen LogP contribution is -2.31. The minimum Gasteiger partial charge on any atom is -0.495 e. The molecule has 2 aromatic carbocycles. The van der Waals surface area contributed by atoms with Crippen LogP contribution in [0, 0.1) is 5.82 Å². The van der Waals surface area contributed by atoms with E-state index in [1.807, 2.05) is 0 Å². The molecule has 2 heterocycles. The monoisotopic (exact) mass is 496 g/mol. The van der Waals surface area contributed by atoms with Gasteiger partial charge in [0.05, 0.1) is 13.2 Å². The summed E-state index contributed by atoms with van der Waals surface area (Å²) in [6.45, 7) is 0.285. The highest BCUT2D eigenvalue weighted by molar-refractivity contribution is 7.89. The number of nitrogens with zero attached hydrogens (tertiary/aromatic N) is 3. The van der Waals surface area contributed by atoms with Gasteiger partial charge < -0.3 is 10.1 Å². The third kappa shape index (κ3) is 4.46. The van der Waals surface area contributed by atoms with Crippen LogP contribution in [0.2, 0.25) is 5.02 Å². The Labute approximate surface area is 193 Å². The summed E-state index contributed by atoms with van der Waals surface area (Å²) in [7, 11) is -2.56. The molecule has 4 rings (SSSR count). The standard InChI is InChI=1S/C20H18ClFN4O4S2/c1-30-16-8-7-12(21)10-17(16)32(28,29)26-9-3-6-15(26)19-24-25-20(31-19)18(27)23-14-5-2-4-13(22)11-14/h2,4-5,7-8,10-11,15H,3,6,9H2,1H3,(H,23,27)/t15-/m0/s1. The highest BCUT2D eigenvalue weighted by atomic mass is 35.5. The summed E-state index contributed by atoms with van der Waals surface area (Å²) in [6, 6.07) is 9.30. The highest BCUT2D eigenvalue weighted by Crippen LogP contribution is 2.40. The van der Waals surface area contributed by atoms with Crippen molar-refractivity contribution >= 4 is 44.6 Å². The lowest BCUT2D eigenvalue weighted by atomic mass is 10.2. The van der Waals surface area contributed by atoms with E-state index >= 15 is 0 Å². The lowest BCUT2D eigenvalue weighted by molar-refractivity contribution is 0.102. The number of methoxy groups -OCH3 is 1. The number of halogens is 2. The highest BCUT2D eigenvalue weighted by Gasteiger charge is 2.39. The van der Waals surface area contributed by atoms with Crippen LogP contribution in [0.25, 0.3) is 0 Å². The summed E-state index contributed by atoms with van der Waals surface area (Å²) in [4.78, 5) is 12.5. The molecule has 0 saturated carbocycles. The number of carbonyl (C=O) groups excluding carboxylic acids is 1. The van der Waals surface area contributed by atoms with Crippen LogP contribution < -0.4 is 10.1 Å². The van der Waals surface area contributed by atoms with Gasteiger partial charge in [0.25, 0.3) is 5.91 Å². The van der Waals surface area contributed by atoms with Gasteiger partial charge in [-0.2, -0.15) is 4.31 Å². The minimum atomic E-state index is -3.95. The Hall–Kier alpha value is -2.60. The number of amides is 1. The van der Waals surface area contributed by atoms with E-state index in [0.717, 1.165) is 11.3 Å². The summed E-state index contributed by atoms with van der Waals surface area (Å²) in [5.74, 6) is -0.847. The number of ether oxygens (including phenoxy) is 1. The van der Waals surface area contributed by atoms with Crippen molar-refractivity contribution < 1.29 is 22.3 Å². The molecule has 0 bridgehead atoms. The molecular weight excluding hydrogens is 479 g/mol. The lowest BCUT2D eigenvalue weighted by Gasteiger charge is -2.23. The van der Waals surface area contributed by atoms with Crippen molar-refractivity contribution in [3.8, 4) is 5.75 Å². The number of benzene rings is 2. The second-order valence-corrected chi connectivity index (χ2v) is 10.3. The van der Waals surface area contributed by atoms with E-state index < -0.39 is 27.8 Å². The third-order valence-electron chi connectivity index (χ3n) is 4.92. The third-order valence-corrected chi connectivity index (χ3v) is 8.11. The van der Waals surface area contributed by atoms with E-state index in [0.29, 0.717) is 17.8 Å². The molecule has 1 aliphatic heterocycles. The Kier molecular flexibility index (Phi) is 6.42. The van der Waals surface area contributed by atoms with Gasteiger partial charge in [-0.3, -0.25) is 4.79 Å². The number of rotatable bonds is 6. The zero-order chi connectivity index (χ0) is 22.9. The molecule has 1 N–H and O–H groups in total. The van der Waals surface area contributed by atoms with Crippen molar-refractivity contribution in [2.45, 2.75) is 23.8 Å². The number of hydrogen-bond donors (Lipinski definition) is 1. The van der Waals surface area contributed by atoms with E-state index in [9.17, 15) is 17.6 Å². The normalized spacial score (nSPS) is 16.8. The number of anilines is 1. The Balaban J connectivity index is 1.59. The van der Waals surface area contributed by atoms with Gasteiger partial charge in [-0.15, -0.1) is 10.2 Å². The summed E-state index contributed by atoms with van der Waals surface area (Å²) < 4.78 is 46.7. The van der Waals surface area contributed by atoms with Gasteiger partial charge in [-0.1, -0.05) is 29.0 Å². The smallest absolute Gasteiger partial charge is 0.286 e. The maximum Gasteiger partial charge on any atom is 0.286 e. The molecule has 1 atom stereocenters. The first-order chi connectivity index (χ1) is 15.3. The Morgan fingerprint density at radius 3 is 2.84 bits per heavy atom. The van der Waals surface area contributed by atoms with Crippen LogP contribution in [0.5, 0.6) is 5.75 Å². The second-order valence-electron chi connectivity index (χ2n) is 6.98. The predicted molar refractivity (Wildman–Crippen MR) is 118 cm³/mol. The fourth-order valence-electron chi connectivity index (χ4n) is 3.46. The molecule has 0 radical (unpaired) electrons. The van der Waals surface area contributed by atoms with Crippen LogP contribution in [0.1, 0.15) is 33.7 Å². The zero-order valence-corrected chi connectivity index (χ0v) is 19.2. The van der Waals surface area contributed by atoms with Crippen LogP contribution in [-0.2, 0) is 10.0 Å². The van der Waals surface area contributed by atoms with Gasteiger partial charge in [-0.25, -0.2) is 12.8 Å². The molecule has 1 aliphatic rings. The predicted octanol–water partition coefficient (Wildman–Crippen LogP) is 4.12. The van der Waals surface area contributed by atoms with Crippen molar-refractivity contribution in [1.82, 2.24) is 14.5 Å². The second kappa shape index (κ2) is 9.10. The summed E-state index contributed by atoms with van der Waals surface area (Å²) in [5.41, 5.74) is 0.282. The van der Waals surface area contributed by atoms with Crippen LogP contribution in [-0.4, -0.2) is 42.5 Å². The van der Waals surface area contributed by atoms with Gasteiger partial charge in [0.1, 0.15) is 21.5 Å². The molecule has 168 valence electrons. The number of nitrogens with one attached hydrogen (secondary N) is 1. The van der Waals surface area contributed by atoms with Crippen LogP contribution >= 0.6 is 22.9 Å². The fourth-order valence-corrected chi connectivity index (χ4v) is 6.50. The van der Waals surface area contributed by atoms with Crippen LogP contribution in [0.3, 0.4) is 0 Å². The van der Waals surface area contributed by atoms with E-state index in [4.69, 9.17) is 16.3 Å². The molecule has 0 spiro atoms. The van der Waals surface area contributed by atoms with Gasteiger partial charge in [0.2, 0.25) is 15.0 Å². The van der Waals surface area contributed by atoms with Crippen molar-refractivity contribution in [3.63, 3.8) is 0 Å². The largest absolute Gasteiger partial charge is 0.495 e. The Morgan fingerprint density at radius 2 is 2.09 bits per heavy atom. The number of hydrogen-bond acceptors (Lipinski definition) is 7. The van der Waals surface area contributed by atoms with E-state index in [-0.39, 0.29) is 32.9 Å². The summed E-state index contributed by atoms with van der Waals surface area (Å²) in [6.07, 6.45) is 1.15. The molecule has 12 heteroatoms. The molecule has 1 aromatic heterocycles. The molecule has 1 amide bonds. The summed E-state index contributed by atoms with van der Waals surface area (Å²) >= 11 is 7.03. The first-order valence-electron chi connectivity index (χ1n) is 9.55. The Bertz CT molecular complexity index is 1270. The van der Waals surface area contributed by atoms with Crippen molar-refractivity contribution in [3.05, 3.63) is 63.3 Å². The molecule has 3 aromatic rings. The number of aromatic nitrogens is 2. The molecule has 8 nitrogen and oxygen atoms in total. The van der Waals surface area contributed by atoms with Crippen LogP contribution in [0.4, 0.5) is 10.1 Å². The maximum atomic E-state index is 13.4. The number of sulfonamides is 1. The van der Waals surface area contributed by atoms with Gasteiger partial charge in [0, 0.05) is 17.3 Å². The first-order valence-corrected chi connectivity index (χ1v) is 12.2. The molecule has 0 aliphatic carbocycles. The molecule has 1 fully saturated rings. The molecular formula is C20H18ClFN4O4S2. The fraction of sp³-hybridized carbons (Fsp3) is 0.250. The van der Waals surface area contributed by atoms with E-state index in [1.54, 1.807) is 12.1 Å². The number of carbonyl (C=O) groups is 1. The molecule has 32 heavy (non-hydrogen) atoms. The van der Waals surface area contributed by atoms with E-state index in [1.165, 1.54) is 41.7 Å². The van der Waals surface area contributed by atoms with E-state index in [2.05, 4.69) is 15.5 Å². The van der Waals surface area contributed by atoms with Crippen molar-refractivity contribution in [2.75, 3.05) is 19.0 Å². The quantitative estimate of drug-likeness (QED) is 0.551. The zero-order valence-electron chi connectivity index (χ0n) is 16.8. The topological polar surface area (TPSA) is 101 Å². The van der Waals surface area contributed by atoms with Gasteiger partial charge in [-0.05, 0) is 49.2 Å². The SMILES string of the molecule is COc1ccc(Cl)cc1S(=O)(=O)N1CCC[C@H]1c1nnc(C(=O)Nc2cccc(F)c2)s1. The Morgan fingerprint density at radius 1 is 1.28 bits per heavy atom. The van der Waals surface area contributed by atoms with Crippen molar-refractivity contribution in [1.29, 1.82) is 0 Å². The van der Waals surface area contributed by atoms with Crippen LogP contribution in [0.15, 0.2) is 47.4 Å². The maximum absolute atomic E-state index is 13.4. The average molecular weight is 497 g/mol. The van der Waals surface area contributed by atoms with Gasteiger partial charge in [0.15, 0.2) is 0 Å². The summed E-state index contributed by atoms with van der Waals surface area (Å²) in [5, 5.41) is 11.3. The molecule has 1 saturated heterocycles. The van der Waals surface area contributed by atoms with Crippen molar-refractivity contribution in [2.24, 2.45) is 0 Å². The molecule has 0 unspecified atom stereocenters.